The van der Waals surface area contributed by atoms with Crippen molar-refractivity contribution in [3.8, 4) is 5.75 Å². The first-order chi connectivity index (χ1) is 12.1. The number of ether oxygens (including phenoxy) is 1. The third kappa shape index (κ3) is 4.26. The fourth-order valence-corrected chi connectivity index (χ4v) is 3.44. The molecule has 1 heterocycles. The second kappa shape index (κ2) is 7.79. The summed E-state index contributed by atoms with van der Waals surface area (Å²) in [6.45, 7) is 3.81. The lowest BCUT2D eigenvalue weighted by molar-refractivity contribution is -0.116. The first-order valence-electron chi connectivity index (χ1n) is 8.54. The summed E-state index contributed by atoms with van der Waals surface area (Å²) in [7, 11) is 1.57. The summed E-state index contributed by atoms with van der Waals surface area (Å²) in [4.78, 5) is 14.7. The second-order valence-electron chi connectivity index (χ2n) is 6.37. The summed E-state index contributed by atoms with van der Waals surface area (Å²) in [5, 5.41) is 3.47. The molecule has 0 aliphatic carbocycles. The van der Waals surface area contributed by atoms with Crippen molar-refractivity contribution in [2.75, 3.05) is 30.4 Å². The number of amides is 1. The minimum atomic E-state index is -0.0419. The van der Waals surface area contributed by atoms with Gasteiger partial charge in [-0.25, -0.2) is 0 Å². The molecule has 2 aromatic rings. The number of nitrogens with zero attached hydrogens (tertiary/aromatic N) is 1. The van der Waals surface area contributed by atoms with Gasteiger partial charge in [0.15, 0.2) is 0 Å². The highest BCUT2D eigenvalue weighted by Crippen LogP contribution is 2.29. The first kappa shape index (κ1) is 17.6. The predicted octanol–water partition coefficient (Wildman–Crippen LogP) is 4.44. The van der Waals surface area contributed by atoms with Gasteiger partial charge in [-0.05, 0) is 49.6 Å². The molecule has 1 amide bonds. The molecule has 2 aromatic carbocycles. The number of anilines is 2. The summed E-state index contributed by atoms with van der Waals surface area (Å²) in [5.74, 6) is 0.566. The number of fused-ring (bicyclic) bond motifs is 1. The molecule has 0 saturated heterocycles. The Morgan fingerprint density at radius 3 is 2.92 bits per heavy atom. The molecule has 0 spiro atoms. The molecule has 0 fully saturated rings. The average molecular weight is 359 g/mol. The lowest BCUT2D eigenvalue weighted by Gasteiger charge is -2.31. The number of halogens is 1. The molecule has 132 valence electrons. The number of carbonyl (C=O) groups is 1. The van der Waals surface area contributed by atoms with Crippen LogP contribution in [-0.4, -0.2) is 26.1 Å². The third-order valence-corrected chi connectivity index (χ3v) is 4.73. The van der Waals surface area contributed by atoms with Gasteiger partial charge in [0.1, 0.15) is 5.75 Å². The fourth-order valence-electron chi connectivity index (χ4n) is 3.26. The van der Waals surface area contributed by atoms with Gasteiger partial charge in [-0.1, -0.05) is 29.3 Å². The van der Waals surface area contributed by atoms with Gasteiger partial charge in [0, 0.05) is 30.2 Å². The van der Waals surface area contributed by atoms with Gasteiger partial charge < -0.3 is 15.0 Å². The van der Waals surface area contributed by atoms with Crippen LogP contribution in [0, 0.1) is 6.92 Å². The zero-order valence-corrected chi connectivity index (χ0v) is 15.4. The van der Waals surface area contributed by atoms with Crippen molar-refractivity contribution in [2.45, 2.75) is 26.2 Å². The number of methoxy groups -OCH3 is 1. The summed E-state index contributed by atoms with van der Waals surface area (Å²) in [5.41, 5.74) is 4.52. The molecule has 0 unspecified atom stereocenters. The molecule has 0 saturated carbocycles. The van der Waals surface area contributed by atoms with Gasteiger partial charge in [-0.2, -0.15) is 0 Å². The number of benzene rings is 2. The molecule has 5 heteroatoms. The van der Waals surface area contributed by atoms with Crippen LogP contribution in [0.15, 0.2) is 36.4 Å². The number of carbonyl (C=O) groups excluding carboxylic acids is 1. The molecule has 1 aliphatic rings. The van der Waals surface area contributed by atoms with E-state index < -0.39 is 0 Å². The van der Waals surface area contributed by atoms with Crippen LogP contribution < -0.4 is 15.0 Å². The zero-order chi connectivity index (χ0) is 17.8. The minimum absolute atomic E-state index is 0.0419. The van der Waals surface area contributed by atoms with E-state index in [0.29, 0.717) is 29.4 Å². The van der Waals surface area contributed by atoms with Gasteiger partial charge in [0.25, 0.3) is 0 Å². The monoisotopic (exact) mass is 358 g/mol. The maximum atomic E-state index is 12.4. The van der Waals surface area contributed by atoms with Crippen molar-refractivity contribution >= 4 is 28.9 Å². The topological polar surface area (TPSA) is 41.6 Å². The summed E-state index contributed by atoms with van der Waals surface area (Å²) < 4.78 is 5.27. The number of aryl methyl sites for hydroxylation is 2. The normalized spacial score (nSPS) is 13.3. The van der Waals surface area contributed by atoms with E-state index >= 15 is 0 Å². The molecule has 1 aliphatic heterocycles. The zero-order valence-electron chi connectivity index (χ0n) is 14.6. The molecular formula is C20H23ClN2O2. The van der Waals surface area contributed by atoms with Gasteiger partial charge in [0.2, 0.25) is 5.91 Å². The average Bonchev–Trinajstić information content (AvgIpc) is 2.59. The molecular weight excluding hydrogens is 336 g/mol. The van der Waals surface area contributed by atoms with Crippen LogP contribution >= 0.6 is 11.6 Å². The SMILES string of the molecule is COc1ccc(Cl)cc1NC(=O)CCN1CCCc2cc(C)ccc21. The van der Waals surface area contributed by atoms with E-state index in [-0.39, 0.29) is 5.91 Å². The minimum Gasteiger partial charge on any atom is -0.495 e. The van der Waals surface area contributed by atoms with Crippen LogP contribution in [0.5, 0.6) is 5.75 Å². The van der Waals surface area contributed by atoms with Crippen molar-refractivity contribution in [1.29, 1.82) is 0 Å². The lowest BCUT2D eigenvalue weighted by Crippen LogP contribution is -2.32. The lowest BCUT2D eigenvalue weighted by atomic mass is 9.99. The third-order valence-electron chi connectivity index (χ3n) is 4.49. The maximum Gasteiger partial charge on any atom is 0.226 e. The Morgan fingerprint density at radius 2 is 2.12 bits per heavy atom. The molecule has 0 radical (unpaired) electrons. The summed E-state index contributed by atoms with van der Waals surface area (Å²) in [6.07, 6.45) is 2.66. The quantitative estimate of drug-likeness (QED) is 0.859. The van der Waals surface area contributed by atoms with Crippen molar-refractivity contribution < 1.29 is 9.53 Å². The van der Waals surface area contributed by atoms with E-state index in [0.717, 1.165) is 19.4 Å². The van der Waals surface area contributed by atoms with Gasteiger partial charge in [-0.15, -0.1) is 0 Å². The van der Waals surface area contributed by atoms with Crippen molar-refractivity contribution in [2.24, 2.45) is 0 Å². The standard InChI is InChI=1S/C20H23ClN2O2/c1-14-5-7-18-15(12-14)4-3-10-23(18)11-9-20(24)22-17-13-16(21)6-8-19(17)25-2/h5-8,12-13H,3-4,9-11H2,1-2H3,(H,22,24). The van der Waals surface area contributed by atoms with Crippen LogP contribution in [-0.2, 0) is 11.2 Å². The number of hydrogen-bond donors (Lipinski definition) is 1. The summed E-state index contributed by atoms with van der Waals surface area (Å²) in [6, 6.07) is 11.7. The fraction of sp³-hybridized carbons (Fsp3) is 0.350. The van der Waals surface area contributed by atoms with Gasteiger partial charge in [-0.3, -0.25) is 4.79 Å². The molecule has 4 nitrogen and oxygen atoms in total. The molecule has 1 N–H and O–H groups in total. The van der Waals surface area contributed by atoms with E-state index in [4.69, 9.17) is 16.3 Å². The highest BCUT2D eigenvalue weighted by atomic mass is 35.5. The second-order valence-corrected chi connectivity index (χ2v) is 6.80. The van der Waals surface area contributed by atoms with Crippen LogP contribution in [0.1, 0.15) is 24.0 Å². The molecule has 0 aromatic heterocycles. The van der Waals surface area contributed by atoms with Crippen LogP contribution in [0.25, 0.3) is 0 Å². The Labute approximate surface area is 153 Å². The van der Waals surface area contributed by atoms with E-state index in [1.807, 2.05) is 0 Å². The predicted molar refractivity (Wildman–Crippen MR) is 103 cm³/mol. The number of rotatable bonds is 5. The highest BCUT2D eigenvalue weighted by Gasteiger charge is 2.18. The van der Waals surface area contributed by atoms with Crippen molar-refractivity contribution in [3.63, 3.8) is 0 Å². The van der Waals surface area contributed by atoms with Crippen LogP contribution in [0.4, 0.5) is 11.4 Å². The van der Waals surface area contributed by atoms with E-state index in [9.17, 15) is 4.79 Å². The van der Waals surface area contributed by atoms with Crippen molar-refractivity contribution in [3.05, 3.63) is 52.5 Å². The Balaban J connectivity index is 1.63. The number of nitrogens with one attached hydrogen (secondary N) is 1. The number of hydrogen-bond acceptors (Lipinski definition) is 3. The first-order valence-corrected chi connectivity index (χ1v) is 8.92. The molecule has 0 atom stereocenters. The highest BCUT2D eigenvalue weighted by molar-refractivity contribution is 6.31. The Morgan fingerprint density at radius 1 is 1.28 bits per heavy atom. The Hall–Kier alpha value is -2.20. The molecule has 25 heavy (non-hydrogen) atoms. The van der Waals surface area contributed by atoms with Crippen LogP contribution in [0.3, 0.4) is 0 Å². The van der Waals surface area contributed by atoms with Crippen LogP contribution in [0.2, 0.25) is 5.02 Å². The smallest absolute Gasteiger partial charge is 0.226 e. The van der Waals surface area contributed by atoms with E-state index in [2.05, 4.69) is 35.3 Å². The summed E-state index contributed by atoms with van der Waals surface area (Å²) >= 11 is 6.01. The molecule has 3 rings (SSSR count). The van der Waals surface area contributed by atoms with E-state index in [1.165, 1.54) is 16.8 Å². The van der Waals surface area contributed by atoms with E-state index in [1.54, 1.807) is 25.3 Å². The largest absolute Gasteiger partial charge is 0.495 e. The molecule has 0 bridgehead atoms. The maximum absolute atomic E-state index is 12.4. The van der Waals surface area contributed by atoms with Crippen molar-refractivity contribution in [1.82, 2.24) is 0 Å². The van der Waals surface area contributed by atoms with Gasteiger partial charge in [0.05, 0.1) is 12.8 Å². The Bertz CT molecular complexity index is 776. The van der Waals surface area contributed by atoms with Gasteiger partial charge >= 0.3 is 0 Å². The Kier molecular flexibility index (Phi) is 5.49.